The van der Waals surface area contributed by atoms with Gasteiger partial charge in [0.2, 0.25) is 5.82 Å². The van der Waals surface area contributed by atoms with E-state index in [0.717, 1.165) is 22.2 Å². The van der Waals surface area contributed by atoms with E-state index in [1.54, 1.807) is 25.1 Å². The summed E-state index contributed by atoms with van der Waals surface area (Å²) in [5.41, 5.74) is 0.857. The third-order valence-corrected chi connectivity index (χ3v) is 6.77. The molecule has 0 aliphatic carbocycles. The normalized spacial score (nSPS) is 13.3. The van der Waals surface area contributed by atoms with Crippen molar-refractivity contribution in [2.75, 3.05) is 0 Å². The van der Waals surface area contributed by atoms with E-state index in [1.165, 1.54) is 17.4 Å². The monoisotopic (exact) mass is 436 g/mol. The van der Waals surface area contributed by atoms with Crippen molar-refractivity contribution >= 4 is 44.2 Å². The van der Waals surface area contributed by atoms with Crippen LogP contribution in [0, 0.1) is 13.8 Å². The van der Waals surface area contributed by atoms with Gasteiger partial charge in [-0.3, -0.25) is 4.79 Å². The summed E-state index contributed by atoms with van der Waals surface area (Å²) in [6, 6.07) is 6.54. The number of nitrogens with zero attached hydrogens (tertiary/aromatic N) is 3. The first-order chi connectivity index (χ1) is 13.6. The number of thioether (sulfide) groups is 1. The van der Waals surface area contributed by atoms with Crippen molar-refractivity contribution < 1.29 is 13.2 Å². The van der Waals surface area contributed by atoms with E-state index in [0.29, 0.717) is 21.4 Å². The molecule has 0 saturated heterocycles. The Balaban J connectivity index is 1.79. The summed E-state index contributed by atoms with van der Waals surface area (Å²) in [5, 5.41) is 0.842. The van der Waals surface area contributed by atoms with Gasteiger partial charge in [0.15, 0.2) is 0 Å². The number of benzene rings is 1. The molecule has 0 bridgehead atoms. The van der Waals surface area contributed by atoms with E-state index < -0.39 is 17.3 Å². The lowest BCUT2D eigenvalue weighted by Crippen LogP contribution is -2.13. The maximum atomic E-state index is 13.2. The third-order valence-electron chi connectivity index (χ3n) is 4.55. The number of halogens is 3. The number of para-hydroxylation sites is 1. The predicted molar refractivity (Wildman–Crippen MR) is 109 cm³/mol. The van der Waals surface area contributed by atoms with Gasteiger partial charge in [-0.15, -0.1) is 11.3 Å². The van der Waals surface area contributed by atoms with E-state index in [-0.39, 0.29) is 16.1 Å². The summed E-state index contributed by atoms with van der Waals surface area (Å²) in [7, 11) is 0. The minimum atomic E-state index is -4.65. The number of aromatic amines is 1. The highest BCUT2D eigenvalue weighted by atomic mass is 32.2. The minimum absolute atomic E-state index is 0.191. The Kier molecular flexibility index (Phi) is 4.86. The van der Waals surface area contributed by atoms with Gasteiger partial charge in [-0.05, 0) is 32.4 Å². The lowest BCUT2D eigenvalue weighted by Gasteiger charge is -2.14. The standard InChI is InChI=1S/C19H15F3N4OS2/c1-8-9(2)28-17-13(8)15(27)24-14(25-17)10(3)29-16-11-6-4-5-7-12(11)23-18(26-16)19(20,21)22/h4-7,10H,1-3H3,(H,24,25,27)/t10-/m0/s1. The van der Waals surface area contributed by atoms with Crippen LogP contribution in [0.2, 0.25) is 0 Å². The second-order valence-electron chi connectivity index (χ2n) is 6.54. The van der Waals surface area contributed by atoms with Gasteiger partial charge in [-0.2, -0.15) is 13.2 Å². The van der Waals surface area contributed by atoms with Crippen LogP contribution in [0.4, 0.5) is 13.2 Å². The van der Waals surface area contributed by atoms with Crippen molar-refractivity contribution in [1.29, 1.82) is 0 Å². The van der Waals surface area contributed by atoms with Gasteiger partial charge < -0.3 is 4.98 Å². The second-order valence-corrected chi connectivity index (χ2v) is 9.07. The van der Waals surface area contributed by atoms with Crippen LogP contribution in [0.25, 0.3) is 21.1 Å². The van der Waals surface area contributed by atoms with Crippen molar-refractivity contribution in [3.8, 4) is 0 Å². The van der Waals surface area contributed by atoms with Crippen molar-refractivity contribution in [2.24, 2.45) is 0 Å². The molecule has 0 amide bonds. The molecule has 0 spiro atoms. The highest BCUT2D eigenvalue weighted by molar-refractivity contribution is 7.99. The number of hydrogen-bond donors (Lipinski definition) is 1. The van der Waals surface area contributed by atoms with E-state index in [9.17, 15) is 18.0 Å². The Labute approximate surface area is 171 Å². The Morgan fingerprint density at radius 1 is 1.14 bits per heavy atom. The summed E-state index contributed by atoms with van der Waals surface area (Å²) in [6.07, 6.45) is -4.65. The maximum absolute atomic E-state index is 13.2. The lowest BCUT2D eigenvalue weighted by molar-refractivity contribution is -0.145. The number of nitrogens with one attached hydrogen (secondary N) is 1. The lowest BCUT2D eigenvalue weighted by atomic mass is 10.2. The van der Waals surface area contributed by atoms with Gasteiger partial charge in [0.25, 0.3) is 5.56 Å². The first kappa shape index (κ1) is 19.8. The van der Waals surface area contributed by atoms with Crippen molar-refractivity contribution in [3.05, 3.63) is 56.7 Å². The second kappa shape index (κ2) is 7.10. The van der Waals surface area contributed by atoms with Crippen LogP contribution >= 0.6 is 23.1 Å². The van der Waals surface area contributed by atoms with Gasteiger partial charge in [0.05, 0.1) is 16.2 Å². The van der Waals surface area contributed by atoms with Crippen LogP contribution in [0.15, 0.2) is 34.1 Å². The molecular formula is C19H15F3N4OS2. The number of aromatic nitrogens is 4. The zero-order chi connectivity index (χ0) is 20.9. The molecular weight excluding hydrogens is 421 g/mol. The topological polar surface area (TPSA) is 71.5 Å². The fourth-order valence-electron chi connectivity index (χ4n) is 2.95. The highest BCUT2D eigenvalue weighted by Gasteiger charge is 2.35. The molecule has 0 fully saturated rings. The van der Waals surface area contributed by atoms with E-state index in [1.807, 2.05) is 13.8 Å². The van der Waals surface area contributed by atoms with Gasteiger partial charge >= 0.3 is 6.18 Å². The van der Waals surface area contributed by atoms with Gasteiger partial charge in [-0.1, -0.05) is 30.0 Å². The van der Waals surface area contributed by atoms with Crippen molar-refractivity contribution in [3.63, 3.8) is 0 Å². The molecule has 0 aliphatic rings. The molecule has 3 heterocycles. The van der Waals surface area contributed by atoms with Crippen LogP contribution in [0.1, 0.15) is 34.3 Å². The molecule has 4 rings (SSSR count). The largest absolute Gasteiger partial charge is 0.451 e. The van der Waals surface area contributed by atoms with Crippen LogP contribution < -0.4 is 5.56 Å². The number of rotatable bonds is 3. The summed E-state index contributed by atoms with van der Waals surface area (Å²) in [6.45, 7) is 5.56. The van der Waals surface area contributed by atoms with Crippen LogP contribution in [0.5, 0.6) is 0 Å². The van der Waals surface area contributed by atoms with E-state index >= 15 is 0 Å². The molecule has 4 aromatic rings. The molecule has 1 aromatic carbocycles. The quantitative estimate of drug-likeness (QED) is 0.343. The molecule has 0 unspecified atom stereocenters. The summed E-state index contributed by atoms with van der Waals surface area (Å²) in [5.74, 6) is -0.794. The predicted octanol–water partition coefficient (Wildman–Crippen LogP) is 5.42. The summed E-state index contributed by atoms with van der Waals surface area (Å²) < 4.78 is 39.7. The Bertz CT molecular complexity index is 1300. The summed E-state index contributed by atoms with van der Waals surface area (Å²) in [4.78, 5) is 28.8. The highest BCUT2D eigenvalue weighted by Crippen LogP contribution is 2.38. The number of aryl methyl sites for hydroxylation is 2. The van der Waals surface area contributed by atoms with Crippen LogP contribution in [0.3, 0.4) is 0 Å². The molecule has 1 atom stereocenters. The number of alkyl halides is 3. The SMILES string of the molecule is Cc1sc2nc([C@H](C)Sc3nc(C(F)(F)F)nc4ccccc34)[nH]c(=O)c2c1C. The van der Waals surface area contributed by atoms with Gasteiger partial charge in [0, 0.05) is 10.3 Å². The molecule has 10 heteroatoms. The minimum Gasteiger partial charge on any atom is -0.309 e. The third kappa shape index (κ3) is 3.62. The molecule has 3 aromatic heterocycles. The average Bonchev–Trinajstić information content (AvgIpc) is 2.95. The van der Waals surface area contributed by atoms with Crippen LogP contribution in [-0.4, -0.2) is 19.9 Å². The number of fused-ring (bicyclic) bond motifs is 2. The summed E-state index contributed by atoms with van der Waals surface area (Å²) >= 11 is 2.53. The van der Waals surface area contributed by atoms with E-state index in [4.69, 9.17) is 0 Å². The molecule has 29 heavy (non-hydrogen) atoms. The molecule has 0 saturated carbocycles. The Hall–Kier alpha value is -2.46. The Morgan fingerprint density at radius 3 is 2.59 bits per heavy atom. The smallest absolute Gasteiger partial charge is 0.309 e. The molecule has 0 aliphatic heterocycles. The van der Waals surface area contributed by atoms with Crippen molar-refractivity contribution in [1.82, 2.24) is 19.9 Å². The molecule has 1 N–H and O–H groups in total. The number of thiophene rings is 1. The fraction of sp³-hybridized carbons (Fsp3) is 0.263. The fourth-order valence-corrected chi connectivity index (χ4v) is 4.99. The first-order valence-corrected chi connectivity index (χ1v) is 10.4. The average molecular weight is 436 g/mol. The number of hydrogen-bond acceptors (Lipinski definition) is 6. The van der Waals surface area contributed by atoms with Gasteiger partial charge in [-0.25, -0.2) is 15.0 Å². The van der Waals surface area contributed by atoms with E-state index in [2.05, 4.69) is 19.9 Å². The molecule has 150 valence electrons. The van der Waals surface area contributed by atoms with Gasteiger partial charge in [0.1, 0.15) is 15.7 Å². The zero-order valence-corrected chi connectivity index (χ0v) is 17.2. The zero-order valence-electron chi connectivity index (χ0n) is 15.6. The maximum Gasteiger partial charge on any atom is 0.451 e. The number of H-pyrrole nitrogens is 1. The molecule has 5 nitrogen and oxygen atoms in total. The Morgan fingerprint density at radius 2 is 1.86 bits per heavy atom. The van der Waals surface area contributed by atoms with Crippen LogP contribution in [-0.2, 0) is 6.18 Å². The van der Waals surface area contributed by atoms with Crippen molar-refractivity contribution in [2.45, 2.75) is 37.2 Å². The first-order valence-electron chi connectivity index (χ1n) is 8.65. The molecule has 0 radical (unpaired) electrons.